The molecule has 0 radical (unpaired) electrons. The van der Waals surface area contributed by atoms with E-state index in [9.17, 15) is 4.79 Å². The molecule has 0 fully saturated rings. The zero-order valence-electron chi connectivity index (χ0n) is 13.8. The first-order valence-corrected chi connectivity index (χ1v) is 7.44. The van der Waals surface area contributed by atoms with E-state index in [1.54, 1.807) is 7.05 Å². The standard InChI is InChI=1S/C19H21NO3/c1-13-9-10-14(2)17(11-13)23-12-15-7-5-6-8-16(15)18(22-4)19(21)20-3/h5-11,18H,2,12H2,1,3-4H3/p+1. The second-order valence-electron chi connectivity index (χ2n) is 5.33. The summed E-state index contributed by atoms with van der Waals surface area (Å²) in [6, 6.07) is 7.61. The van der Waals surface area contributed by atoms with Crippen molar-refractivity contribution in [3.05, 3.63) is 71.3 Å². The zero-order valence-corrected chi connectivity index (χ0v) is 13.8. The maximum absolute atomic E-state index is 12.0. The van der Waals surface area contributed by atoms with Gasteiger partial charge in [-0.25, -0.2) is 4.42 Å². The van der Waals surface area contributed by atoms with Crippen molar-refractivity contribution < 1.29 is 14.0 Å². The molecule has 1 aromatic rings. The van der Waals surface area contributed by atoms with E-state index in [1.165, 1.54) is 7.11 Å². The van der Waals surface area contributed by atoms with Crippen LogP contribution in [0.2, 0.25) is 0 Å². The number of rotatable bonds is 5. The van der Waals surface area contributed by atoms with Crippen molar-refractivity contribution in [1.82, 2.24) is 5.32 Å². The number of ether oxygens (including phenoxy) is 1. The van der Waals surface area contributed by atoms with E-state index in [-0.39, 0.29) is 5.91 Å². The summed E-state index contributed by atoms with van der Waals surface area (Å²) >= 11 is 0. The SMILES string of the molecule is C=C1C=CC(C)=CC1=[O+]Cc1ccccc1C(OC)C(=O)NC. The number of likely N-dealkylation sites (N-methyl/N-ethyl adjacent to an activating group) is 1. The highest BCUT2D eigenvalue weighted by molar-refractivity contribution is 6.07. The molecule has 0 heterocycles. The van der Waals surface area contributed by atoms with Crippen molar-refractivity contribution in [3.8, 4) is 0 Å². The van der Waals surface area contributed by atoms with Gasteiger partial charge in [0.15, 0.2) is 6.10 Å². The molecule has 0 spiro atoms. The Morgan fingerprint density at radius 1 is 1.35 bits per heavy atom. The first kappa shape index (κ1) is 16.9. The Labute approximate surface area is 136 Å². The maximum atomic E-state index is 12.0. The van der Waals surface area contributed by atoms with E-state index in [1.807, 2.05) is 49.4 Å². The highest BCUT2D eigenvalue weighted by Crippen LogP contribution is 2.22. The average molecular weight is 312 g/mol. The molecule has 120 valence electrons. The van der Waals surface area contributed by atoms with Crippen LogP contribution in [0, 0.1) is 0 Å². The summed E-state index contributed by atoms with van der Waals surface area (Å²) in [5.74, 6) is 0.557. The molecular formula is C19H22NO3+. The van der Waals surface area contributed by atoms with Crippen molar-refractivity contribution in [1.29, 1.82) is 0 Å². The van der Waals surface area contributed by atoms with Gasteiger partial charge in [0.1, 0.15) is 0 Å². The number of carbonyl (C=O) groups excluding carboxylic acids is 2. The lowest BCUT2D eigenvalue weighted by molar-refractivity contribution is -0.474. The molecule has 1 atom stereocenters. The zero-order chi connectivity index (χ0) is 16.8. The minimum absolute atomic E-state index is 0.187. The smallest absolute Gasteiger partial charge is 0.350 e. The number of allylic oxidation sites excluding steroid dienone is 5. The second-order valence-corrected chi connectivity index (χ2v) is 5.33. The Bertz CT molecular complexity index is 698. The fourth-order valence-electron chi connectivity index (χ4n) is 2.38. The Hall–Kier alpha value is -2.46. The van der Waals surface area contributed by atoms with Crippen LogP contribution in [0.25, 0.3) is 0 Å². The first-order chi connectivity index (χ1) is 11.1. The highest BCUT2D eigenvalue weighted by Gasteiger charge is 2.24. The van der Waals surface area contributed by atoms with E-state index in [2.05, 4.69) is 11.9 Å². The van der Waals surface area contributed by atoms with Crippen molar-refractivity contribution in [2.75, 3.05) is 14.2 Å². The number of hydrogen-bond acceptors (Lipinski definition) is 2. The number of nitrogens with one attached hydrogen (secondary N) is 1. The topological polar surface area (TPSA) is 49.6 Å². The van der Waals surface area contributed by atoms with Crippen LogP contribution in [0.15, 0.2) is 60.2 Å². The summed E-state index contributed by atoms with van der Waals surface area (Å²) in [5.41, 5.74) is 3.65. The van der Waals surface area contributed by atoms with Crippen LogP contribution in [0.1, 0.15) is 24.2 Å². The van der Waals surface area contributed by atoms with E-state index in [0.29, 0.717) is 6.61 Å². The molecule has 1 aromatic carbocycles. The van der Waals surface area contributed by atoms with Gasteiger partial charge in [0, 0.05) is 25.8 Å². The van der Waals surface area contributed by atoms with Crippen LogP contribution in [0.4, 0.5) is 0 Å². The van der Waals surface area contributed by atoms with Gasteiger partial charge in [-0.1, -0.05) is 30.9 Å². The number of ketones is 1. The largest absolute Gasteiger partial charge is 0.367 e. The third kappa shape index (κ3) is 4.05. The molecule has 0 saturated heterocycles. The Morgan fingerprint density at radius 3 is 2.78 bits per heavy atom. The molecule has 0 aromatic heterocycles. The molecule has 0 saturated carbocycles. The predicted molar refractivity (Wildman–Crippen MR) is 91.0 cm³/mol. The first-order valence-electron chi connectivity index (χ1n) is 7.44. The molecule has 4 nitrogen and oxygen atoms in total. The minimum atomic E-state index is -0.656. The molecule has 1 aliphatic rings. The maximum Gasteiger partial charge on any atom is 0.350 e. The quantitative estimate of drug-likeness (QED) is 0.671. The number of amides is 1. The predicted octanol–water partition coefficient (Wildman–Crippen LogP) is 2.80. The molecule has 0 bridgehead atoms. The van der Waals surface area contributed by atoms with Crippen molar-refractivity contribution in [3.63, 3.8) is 0 Å². The third-order valence-electron chi connectivity index (χ3n) is 3.66. The number of benzene rings is 1. The van der Waals surface area contributed by atoms with Gasteiger partial charge in [-0.3, -0.25) is 4.79 Å². The fraction of sp³-hybridized carbons (Fsp3) is 0.263. The monoisotopic (exact) mass is 312 g/mol. The van der Waals surface area contributed by atoms with Gasteiger partial charge in [-0.15, -0.1) is 0 Å². The number of hydrogen-bond donors (Lipinski definition) is 1. The third-order valence-corrected chi connectivity index (χ3v) is 3.66. The Morgan fingerprint density at radius 2 is 2.09 bits per heavy atom. The molecule has 2 rings (SSSR count). The number of carbonyl (C=O) groups is 1. The van der Waals surface area contributed by atoms with Gasteiger partial charge in [-0.05, 0) is 24.6 Å². The van der Waals surface area contributed by atoms with Crippen LogP contribution >= 0.6 is 0 Å². The van der Waals surface area contributed by atoms with E-state index in [0.717, 1.165) is 28.1 Å². The van der Waals surface area contributed by atoms with Gasteiger partial charge in [0.2, 0.25) is 0 Å². The van der Waals surface area contributed by atoms with Gasteiger partial charge in [-0.2, -0.15) is 0 Å². The van der Waals surface area contributed by atoms with Crippen molar-refractivity contribution in [2.24, 2.45) is 0 Å². The molecule has 1 unspecified atom stereocenters. The molecule has 1 amide bonds. The summed E-state index contributed by atoms with van der Waals surface area (Å²) in [7, 11) is 3.11. The van der Waals surface area contributed by atoms with Gasteiger partial charge in [0.05, 0.1) is 11.1 Å². The lowest BCUT2D eigenvalue weighted by Crippen LogP contribution is -2.27. The molecule has 23 heavy (non-hydrogen) atoms. The lowest BCUT2D eigenvalue weighted by Gasteiger charge is -2.15. The highest BCUT2D eigenvalue weighted by atomic mass is 16.5. The van der Waals surface area contributed by atoms with E-state index < -0.39 is 6.10 Å². The molecule has 4 heteroatoms. The van der Waals surface area contributed by atoms with Crippen LogP contribution in [-0.2, 0) is 20.6 Å². The van der Waals surface area contributed by atoms with Gasteiger partial charge >= 0.3 is 5.78 Å². The van der Waals surface area contributed by atoms with Crippen LogP contribution in [0.5, 0.6) is 0 Å². The summed E-state index contributed by atoms with van der Waals surface area (Å²) in [6.07, 6.45) is 5.23. The summed E-state index contributed by atoms with van der Waals surface area (Å²) < 4.78 is 11.2. The Balaban J connectivity index is 2.29. The minimum Gasteiger partial charge on any atom is -0.367 e. The van der Waals surface area contributed by atoms with Crippen LogP contribution in [0.3, 0.4) is 0 Å². The summed E-state index contributed by atoms with van der Waals surface area (Å²) in [6.45, 7) is 6.33. The summed E-state index contributed by atoms with van der Waals surface area (Å²) in [5, 5.41) is 2.62. The van der Waals surface area contributed by atoms with Crippen molar-refractivity contribution >= 4 is 11.7 Å². The summed E-state index contributed by atoms with van der Waals surface area (Å²) in [4.78, 5) is 12.0. The fourth-order valence-corrected chi connectivity index (χ4v) is 2.38. The van der Waals surface area contributed by atoms with E-state index in [4.69, 9.17) is 9.16 Å². The normalized spacial score (nSPS) is 17.1. The van der Waals surface area contributed by atoms with Crippen LogP contribution in [-0.4, -0.2) is 25.8 Å². The molecule has 0 aliphatic heterocycles. The Kier molecular flexibility index (Phi) is 5.66. The second kappa shape index (κ2) is 7.70. The molecule has 1 aliphatic carbocycles. The average Bonchev–Trinajstić information content (AvgIpc) is 2.57. The molecule has 1 N–H and O–H groups in total. The van der Waals surface area contributed by atoms with Crippen LogP contribution < -0.4 is 5.32 Å². The molecular weight excluding hydrogens is 290 g/mol. The van der Waals surface area contributed by atoms with Gasteiger partial charge < -0.3 is 10.1 Å². The van der Waals surface area contributed by atoms with E-state index >= 15 is 0 Å². The van der Waals surface area contributed by atoms with Crippen molar-refractivity contribution in [2.45, 2.75) is 19.6 Å². The lowest BCUT2D eigenvalue weighted by atomic mass is 10.0. The van der Waals surface area contributed by atoms with Gasteiger partial charge in [0.25, 0.3) is 12.5 Å². The number of methoxy groups -OCH3 is 1.